The molecule has 2 aromatic heterocycles. The summed E-state index contributed by atoms with van der Waals surface area (Å²) in [6, 6.07) is 27.7. The van der Waals surface area contributed by atoms with Crippen molar-refractivity contribution in [2.75, 3.05) is 5.32 Å². The number of hydrogen-bond donors (Lipinski definition) is 1. The van der Waals surface area contributed by atoms with Crippen LogP contribution in [-0.4, -0.2) is 20.3 Å². The summed E-state index contributed by atoms with van der Waals surface area (Å²) in [6.07, 6.45) is 1.76. The lowest BCUT2D eigenvalue weighted by Crippen LogP contribution is -2.40. The van der Waals surface area contributed by atoms with Crippen LogP contribution in [0.15, 0.2) is 112 Å². The van der Waals surface area contributed by atoms with Gasteiger partial charge in [-0.15, -0.1) is 0 Å². The molecule has 1 aliphatic rings. The molecule has 0 bridgehead atoms. The Balaban J connectivity index is 1.49. The summed E-state index contributed by atoms with van der Waals surface area (Å²) in [6.45, 7) is 3.66. The van der Waals surface area contributed by atoms with E-state index >= 15 is 0 Å². The summed E-state index contributed by atoms with van der Waals surface area (Å²) in [7, 11) is 0. The van der Waals surface area contributed by atoms with Gasteiger partial charge in [-0.2, -0.15) is 5.10 Å². The van der Waals surface area contributed by atoms with E-state index in [0.717, 1.165) is 11.3 Å². The number of benzene rings is 3. The SMILES string of the molecule is CC1=C(C(=O)Nc2ccccc2)[C@@H](c2ccccc2)n2c(s/c(=C\c3c(C)nn(-c4ccccc4)c3Cl)c2=O)=N1. The lowest BCUT2D eigenvalue weighted by atomic mass is 9.95. The van der Waals surface area contributed by atoms with Crippen molar-refractivity contribution in [1.82, 2.24) is 14.3 Å². The third-order valence-corrected chi connectivity index (χ3v) is 8.08. The van der Waals surface area contributed by atoms with Gasteiger partial charge in [0, 0.05) is 11.3 Å². The molecule has 0 saturated carbocycles. The molecule has 5 aromatic rings. The predicted molar refractivity (Wildman–Crippen MR) is 159 cm³/mol. The Bertz CT molecular complexity index is 1940. The monoisotopic (exact) mass is 565 g/mol. The Labute approximate surface area is 239 Å². The number of amides is 1. The smallest absolute Gasteiger partial charge is 0.271 e. The van der Waals surface area contributed by atoms with Gasteiger partial charge >= 0.3 is 0 Å². The predicted octanol–water partition coefficient (Wildman–Crippen LogP) is 5.02. The van der Waals surface area contributed by atoms with Crippen LogP contribution >= 0.6 is 22.9 Å². The molecule has 40 heavy (non-hydrogen) atoms. The van der Waals surface area contributed by atoms with Gasteiger partial charge in [0.1, 0.15) is 5.15 Å². The molecule has 7 nitrogen and oxygen atoms in total. The first kappa shape index (κ1) is 25.7. The second-order valence-corrected chi connectivity index (χ2v) is 10.7. The van der Waals surface area contributed by atoms with Crippen LogP contribution in [0.5, 0.6) is 0 Å². The maximum Gasteiger partial charge on any atom is 0.271 e. The molecule has 198 valence electrons. The molecule has 1 atom stereocenters. The van der Waals surface area contributed by atoms with Crippen molar-refractivity contribution < 1.29 is 4.79 Å². The van der Waals surface area contributed by atoms with Crippen molar-refractivity contribution in [3.63, 3.8) is 0 Å². The van der Waals surface area contributed by atoms with Crippen molar-refractivity contribution in [2.45, 2.75) is 19.9 Å². The molecule has 1 aliphatic heterocycles. The highest BCUT2D eigenvalue weighted by Gasteiger charge is 2.32. The molecular weight excluding hydrogens is 542 g/mol. The summed E-state index contributed by atoms with van der Waals surface area (Å²) in [4.78, 5) is 32.9. The fourth-order valence-corrected chi connectivity index (χ4v) is 6.18. The van der Waals surface area contributed by atoms with Gasteiger partial charge in [0.05, 0.1) is 33.2 Å². The lowest BCUT2D eigenvalue weighted by molar-refractivity contribution is -0.113. The minimum absolute atomic E-state index is 0.252. The van der Waals surface area contributed by atoms with Crippen LogP contribution in [0.3, 0.4) is 0 Å². The van der Waals surface area contributed by atoms with E-state index in [-0.39, 0.29) is 11.5 Å². The highest BCUT2D eigenvalue weighted by molar-refractivity contribution is 7.07. The zero-order valence-corrected chi connectivity index (χ0v) is 23.3. The molecule has 3 heterocycles. The van der Waals surface area contributed by atoms with Gasteiger partial charge in [0.15, 0.2) is 4.80 Å². The van der Waals surface area contributed by atoms with Crippen molar-refractivity contribution in [1.29, 1.82) is 0 Å². The summed E-state index contributed by atoms with van der Waals surface area (Å²) in [5, 5.41) is 7.98. The molecule has 3 aromatic carbocycles. The number of aromatic nitrogens is 3. The van der Waals surface area contributed by atoms with E-state index in [1.807, 2.05) is 97.9 Å². The van der Waals surface area contributed by atoms with E-state index in [9.17, 15) is 9.59 Å². The molecule has 0 fully saturated rings. The van der Waals surface area contributed by atoms with Crippen LogP contribution in [0.1, 0.15) is 29.8 Å². The molecule has 6 rings (SSSR count). The summed E-state index contributed by atoms with van der Waals surface area (Å²) >= 11 is 8.03. The summed E-state index contributed by atoms with van der Waals surface area (Å²) in [5.41, 5.74) is 4.37. The number of aryl methyl sites for hydroxylation is 1. The number of nitrogens with one attached hydrogen (secondary N) is 1. The topological polar surface area (TPSA) is 81.3 Å². The Morgan fingerprint density at radius 1 is 0.950 bits per heavy atom. The first-order valence-corrected chi connectivity index (χ1v) is 13.9. The standard InChI is InChI=1S/C31H24ClN5O2S/c1-19-24(28(32)37(35-19)23-16-10-5-11-17-23)18-25-30(39)36-27(21-12-6-3-7-13-21)26(20(2)33-31(36)40-25)29(38)34-22-14-8-4-9-15-22/h3-18,27H,1-2H3,(H,34,38)/b25-18-/t27-/m1/s1. The van der Waals surface area contributed by atoms with Gasteiger partial charge in [0.2, 0.25) is 0 Å². The van der Waals surface area contributed by atoms with Crippen molar-refractivity contribution in [3.8, 4) is 5.69 Å². The summed E-state index contributed by atoms with van der Waals surface area (Å²) in [5.74, 6) is -0.307. The first-order chi connectivity index (χ1) is 19.4. The number of thiazole rings is 1. The van der Waals surface area contributed by atoms with E-state index in [1.54, 1.807) is 22.2 Å². The second-order valence-electron chi connectivity index (χ2n) is 9.35. The molecule has 0 spiro atoms. The minimum atomic E-state index is -0.646. The third kappa shape index (κ3) is 4.61. The van der Waals surface area contributed by atoms with E-state index in [2.05, 4.69) is 10.4 Å². The Morgan fingerprint density at radius 3 is 2.25 bits per heavy atom. The highest BCUT2D eigenvalue weighted by Crippen LogP contribution is 2.31. The van der Waals surface area contributed by atoms with Gasteiger partial charge in [-0.1, -0.05) is 89.7 Å². The van der Waals surface area contributed by atoms with Crippen LogP contribution in [0, 0.1) is 6.92 Å². The number of para-hydroxylation sites is 2. The van der Waals surface area contributed by atoms with Gasteiger partial charge in [-0.25, -0.2) is 9.67 Å². The average Bonchev–Trinajstić information content (AvgIpc) is 3.43. The Hall–Kier alpha value is -4.53. The Morgan fingerprint density at radius 2 is 1.57 bits per heavy atom. The molecular formula is C31H24ClN5O2S. The molecule has 1 amide bonds. The van der Waals surface area contributed by atoms with E-state index in [4.69, 9.17) is 16.6 Å². The fraction of sp³-hybridized carbons (Fsp3) is 0.0968. The zero-order valence-electron chi connectivity index (χ0n) is 21.7. The lowest BCUT2D eigenvalue weighted by Gasteiger charge is -2.25. The number of carbonyl (C=O) groups excluding carboxylic acids is 1. The zero-order chi connectivity index (χ0) is 27.8. The van der Waals surface area contributed by atoms with Crippen LogP contribution in [0.2, 0.25) is 5.15 Å². The largest absolute Gasteiger partial charge is 0.322 e. The van der Waals surface area contributed by atoms with Crippen molar-refractivity contribution in [3.05, 3.63) is 144 Å². The van der Waals surface area contributed by atoms with E-state index in [0.29, 0.717) is 42.7 Å². The number of nitrogens with zero attached hydrogens (tertiary/aromatic N) is 4. The van der Waals surface area contributed by atoms with Crippen LogP contribution in [0.25, 0.3) is 11.8 Å². The number of carbonyl (C=O) groups is 1. The molecule has 0 aliphatic carbocycles. The number of rotatable bonds is 5. The van der Waals surface area contributed by atoms with Crippen LogP contribution in [0.4, 0.5) is 5.69 Å². The Kier molecular flexibility index (Phi) is 6.79. The quantitative estimate of drug-likeness (QED) is 0.325. The van der Waals surface area contributed by atoms with Crippen molar-refractivity contribution in [2.24, 2.45) is 4.99 Å². The second kappa shape index (κ2) is 10.6. The highest BCUT2D eigenvalue weighted by atomic mass is 35.5. The van der Waals surface area contributed by atoms with Crippen molar-refractivity contribution >= 4 is 40.6 Å². The van der Waals surface area contributed by atoms with Gasteiger partial charge in [-0.3, -0.25) is 14.2 Å². The van der Waals surface area contributed by atoms with Gasteiger partial charge < -0.3 is 5.32 Å². The van der Waals surface area contributed by atoms with Gasteiger partial charge in [-0.05, 0) is 49.8 Å². The molecule has 0 saturated heterocycles. The number of anilines is 1. The normalized spacial score (nSPS) is 15.1. The minimum Gasteiger partial charge on any atom is -0.322 e. The molecule has 0 unspecified atom stereocenters. The van der Waals surface area contributed by atoms with Gasteiger partial charge in [0.25, 0.3) is 11.5 Å². The number of halogens is 1. The molecule has 9 heteroatoms. The van der Waals surface area contributed by atoms with Crippen LogP contribution < -0.4 is 20.2 Å². The maximum absolute atomic E-state index is 14.0. The first-order valence-electron chi connectivity index (χ1n) is 12.7. The van der Waals surface area contributed by atoms with Crippen LogP contribution in [-0.2, 0) is 4.79 Å². The number of allylic oxidation sites excluding steroid dienone is 1. The maximum atomic E-state index is 14.0. The summed E-state index contributed by atoms with van der Waals surface area (Å²) < 4.78 is 3.71. The number of hydrogen-bond acceptors (Lipinski definition) is 5. The fourth-order valence-electron chi connectivity index (χ4n) is 4.83. The third-order valence-electron chi connectivity index (χ3n) is 6.74. The average molecular weight is 566 g/mol. The number of fused-ring (bicyclic) bond motifs is 1. The molecule has 0 radical (unpaired) electrons. The molecule has 1 N–H and O–H groups in total. The van der Waals surface area contributed by atoms with E-state index in [1.165, 1.54) is 11.3 Å². The van der Waals surface area contributed by atoms with E-state index < -0.39 is 6.04 Å².